The summed E-state index contributed by atoms with van der Waals surface area (Å²) in [5.74, 6) is 0. The molecule has 0 radical (unpaired) electrons. The minimum Gasteiger partial charge on any atom is -0.373 e. The van der Waals surface area contributed by atoms with E-state index in [0.29, 0.717) is 5.54 Å². The van der Waals surface area contributed by atoms with Crippen molar-refractivity contribution in [3.8, 4) is 0 Å². The van der Waals surface area contributed by atoms with Crippen LogP contribution in [-0.4, -0.2) is 28.6 Å². The van der Waals surface area contributed by atoms with Crippen LogP contribution in [0.1, 0.15) is 78.6 Å². The highest BCUT2D eigenvalue weighted by molar-refractivity contribution is 6.62. The maximum absolute atomic E-state index is 6.27. The molecule has 0 N–H and O–H groups in total. The summed E-state index contributed by atoms with van der Waals surface area (Å²) in [6, 6.07) is 0. The predicted molar refractivity (Wildman–Crippen MR) is 85.9 cm³/mol. The zero-order chi connectivity index (χ0) is 14.7. The highest BCUT2D eigenvalue weighted by Crippen LogP contribution is 2.38. The average Bonchev–Trinajstić information content (AvgIpc) is 2.76. The zero-order valence-electron chi connectivity index (χ0n) is 13.8. The van der Waals surface area contributed by atoms with Crippen LogP contribution >= 0.6 is 0 Å². The molecule has 0 unspecified atom stereocenters. The molecule has 0 aromatic heterocycles. The Kier molecular flexibility index (Phi) is 9.77. The number of hydrogen-bond acceptors (Lipinski definition) is 3. The van der Waals surface area contributed by atoms with E-state index in [1.807, 2.05) is 0 Å². The lowest BCUT2D eigenvalue weighted by molar-refractivity contribution is 0.0474. The Morgan fingerprint density at radius 2 is 1.10 bits per heavy atom. The Labute approximate surface area is 126 Å². The van der Waals surface area contributed by atoms with Gasteiger partial charge in [0.25, 0.3) is 0 Å². The Morgan fingerprint density at radius 1 is 0.700 bits per heavy atom. The fourth-order valence-electron chi connectivity index (χ4n) is 2.84. The van der Waals surface area contributed by atoms with Gasteiger partial charge in [0.2, 0.25) is 0 Å². The first-order chi connectivity index (χ1) is 9.79. The van der Waals surface area contributed by atoms with Crippen molar-refractivity contribution in [2.45, 2.75) is 84.1 Å². The maximum Gasteiger partial charge on any atom is 0.504 e. The Bertz CT molecular complexity index is 206. The van der Waals surface area contributed by atoms with Gasteiger partial charge in [-0.15, -0.1) is 0 Å². The van der Waals surface area contributed by atoms with Gasteiger partial charge in [0.05, 0.1) is 0 Å². The second kappa shape index (κ2) is 10.8. The minimum absolute atomic E-state index is 0.523. The molecule has 0 heterocycles. The first kappa shape index (κ1) is 18.1. The summed E-state index contributed by atoms with van der Waals surface area (Å²) in [6.07, 6.45) is 10.9. The Morgan fingerprint density at radius 3 is 1.45 bits per heavy atom. The van der Waals surface area contributed by atoms with Crippen LogP contribution in [-0.2, 0) is 13.3 Å². The first-order valence-electron chi connectivity index (χ1n) is 8.70. The number of hydrogen-bond donors (Lipinski definition) is 0. The highest BCUT2D eigenvalue weighted by atomic mass is 28.4. The fraction of sp³-hybridized carbons (Fsp3) is 1.00. The average molecular weight is 303 g/mol. The predicted octanol–water partition coefficient (Wildman–Crippen LogP) is 4.93. The van der Waals surface area contributed by atoms with E-state index in [-0.39, 0.29) is 0 Å². The first-order valence-corrected chi connectivity index (χ1v) is 10.5. The minimum atomic E-state index is -2.49. The van der Waals surface area contributed by atoms with Crippen molar-refractivity contribution in [1.29, 1.82) is 0 Å². The third kappa shape index (κ3) is 5.84. The Balaban J connectivity index is 2.78. The molecule has 120 valence electrons. The van der Waals surface area contributed by atoms with Gasteiger partial charge in [-0.3, -0.25) is 0 Å². The monoisotopic (exact) mass is 302 g/mol. The third-order valence-electron chi connectivity index (χ3n) is 3.88. The van der Waals surface area contributed by atoms with Gasteiger partial charge in [-0.25, -0.2) is 0 Å². The molecule has 0 aromatic rings. The van der Waals surface area contributed by atoms with Gasteiger partial charge < -0.3 is 13.3 Å². The van der Waals surface area contributed by atoms with Crippen LogP contribution in [0.25, 0.3) is 0 Å². The van der Waals surface area contributed by atoms with E-state index >= 15 is 0 Å². The van der Waals surface area contributed by atoms with Crippen LogP contribution < -0.4 is 0 Å². The van der Waals surface area contributed by atoms with Gasteiger partial charge in [0, 0.05) is 25.4 Å². The largest absolute Gasteiger partial charge is 0.504 e. The van der Waals surface area contributed by atoms with E-state index in [4.69, 9.17) is 13.3 Å². The molecule has 1 aliphatic rings. The second-order valence-corrected chi connectivity index (χ2v) is 8.73. The molecule has 3 nitrogen and oxygen atoms in total. The van der Waals surface area contributed by atoms with Crippen molar-refractivity contribution in [2.75, 3.05) is 19.8 Å². The molecular formula is C16H34O3Si. The van der Waals surface area contributed by atoms with Crippen molar-refractivity contribution in [1.82, 2.24) is 0 Å². The molecule has 0 spiro atoms. The lowest BCUT2D eigenvalue weighted by atomic mass is 10.2. The highest BCUT2D eigenvalue weighted by Gasteiger charge is 2.49. The molecule has 4 heteroatoms. The van der Waals surface area contributed by atoms with Crippen molar-refractivity contribution in [2.24, 2.45) is 0 Å². The summed E-state index contributed by atoms with van der Waals surface area (Å²) in [7, 11) is -2.49. The molecule has 0 aromatic carbocycles. The molecule has 0 amide bonds. The molecule has 1 saturated carbocycles. The van der Waals surface area contributed by atoms with E-state index < -0.39 is 8.80 Å². The van der Waals surface area contributed by atoms with Gasteiger partial charge in [0.15, 0.2) is 0 Å². The summed E-state index contributed by atoms with van der Waals surface area (Å²) in [5.41, 5.74) is 0.523. The fourth-order valence-corrected chi connectivity index (χ4v) is 6.38. The Hall–Kier alpha value is 0.0969. The van der Waals surface area contributed by atoms with Gasteiger partial charge in [-0.2, -0.15) is 0 Å². The molecule has 20 heavy (non-hydrogen) atoms. The topological polar surface area (TPSA) is 27.7 Å². The van der Waals surface area contributed by atoms with Crippen LogP contribution in [0, 0.1) is 0 Å². The van der Waals surface area contributed by atoms with E-state index in [1.54, 1.807) is 0 Å². The third-order valence-corrected chi connectivity index (χ3v) is 7.27. The van der Waals surface area contributed by atoms with Gasteiger partial charge in [-0.1, -0.05) is 46.5 Å². The summed E-state index contributed by atoms with van der Waals surface area (Å²) in [4.78, 5) is 0. The van der Waals surface area contributed by atoms with E-state index in [1.165, 1.54) is 38.5 Å². The van der Waals surface area contributed by atoms with Crippen molar-refractivity contribution >= 4 is 8.80 Å². The van der Waals surface area contributed by atoms with Crippen LogP contribution in [0.3, 0.4) is 0 Å². The van der Waals surface area contributed by atoms with Crippen LogP contribution in [0.5, 0.6) is 0 Å². The smallest absolute Gasteiger partial charge is 0.373 e. The molecule has 0 bridgehead atoms. The summed E-state index contributed by atoms with van der Waals surface area (Å²) < 4.78 is 18.8. The quantitative estimate of drug-likeness (QED) is 0.423. The lowest BCUT2D eigenvalue weighted by Gasteiger charge is -2.35. The molecule has 1 aliphatic carbocycles. The second-order valence-electron chi connectivity index (χ2n) is 5.84. The van der Waals surface area contributed by atoms with Crippen molar-refractivity contribution < 1.29 is 13.3 Å². The van der Waals surface area contributed by atoms with Crippen molar-refractivity contribution in [3.05, 3.63) is 0 Å². The van der Waals surface area contributed by atoms with E-state index in [0.717, 1.165) is 39.1 Å². The standard InChI is InChI=1S/C16H34O3Si/c1-4-13-17-20(18-14-5-2,19-15-6-3)16-11-9-7-8-10-12-16/h16H,4-15H2,1-3H3. The zero-order valence-corrected chi connectivity index (χ0v) is 14.8. The van der Waals surface area contributed by atoms with E-state index in [2.05, 4.69) is 20.8 Å². The van der Waals surface area contributed by atoms with Gasteiger partial charge >= 0.3 is 8.80 Å². The maximum atomic E-state index is 6.27. The SMILES string of the molecule is CCCO[Si](OCCC)(OCCC)C1CCCCCC1. The number of rotatable bonds is 10. The molecule has 0 aliphatic heterocycles. The molecular weight excluding hydrogens is 268 g/mol. The lowest BCUT2D eigenvalue weighted by Crippen LogP contribution is -2.51. The normalized spacial score (nSPS) is 18.1. The molecule has 1 fully saturated rings. The van der Waals surface area contributed by atoms with Gasteiger partial charge in [0.1, 0.15) is 0 Å². The molecule has 0 saturated heterocycles. The van der Waals surface area contributed by atoms with Crippen LogP contribution in [0.2, 0.25) is 5.54 Å². The molecule has 1 rings (SSSR count). The van der Waals surface area contributed by atoms with Crippen LogP contribution in [0.15, 0.2) is 0 Å². The van der Waals surface area contributed by atoms with Crippen LogP contribution in [0.4, 0.5) is 0 Å². The van der Waals surface area contributed by atoms with Gasteiger partial charge in [-0.05, 0) is 32.1 Å². The van der Waals surface area contributed by atoms with E-state index in [9.17, 15) is 0 Å². The summed E-state index contributed by atoms with van der Waals surface area (Å²) in [5, 5.41) is 0. The summed E-state index contributed by atoms with van der Waals surface area (Å²) >= 11 is 0. The van der Waals surface area contributed by atoms with Crippen molar-refractivity contribution in [3.63, 3.8) is 0 Å². The molecule has 0 atom stereocenters. The summed E-state index contributed by atoms with van der Waals surface area (Å²) in [6.45, 7) is 8.80.